The van der Waals surface area contributed by atoms with Crippen LogP contribution in [0.3, 0.4) is 0 Å². The smallest absolute Gasteiger partial charge is 0.339 e. The van der Waals surface area contributed by atoms with Gasteiger partial charge in [0.1, 0.15) is 5.60 Å². The second-order valence-corrected chi connectivity index (χ2v) is 9.77. The van der Waals surface area contributed by atoms with Crippen LogP contribution >= 0.6 is 0 Å². The molecule has 164 valence electrons. The minimum atomic E-state index is -3.56. The monoisotopic (exact) mass is 442 g/mol. The highest BCUT2D eigenvalue weighted by Gasteiger charge is 2.47. The molecule has 2 aliphatic rings. The van der Waals surface area contributed by atoms with Crippen LogP contribution in [-0.4, -0.2) is 55.7 Å². The number of sulfonamides is 1. The lowest BCUT2D eigenvalue weighted by atomic mass is 9.83. The summed E-state index contributed by atoms with van der Waals surface area (Å²) in [6.45, 7) is 5.29. The molecule has 2 heterocycles. The van der Waals surface area contributed by atoms with Crippen molar-refractivity contribution in [2.75, 3.05) is 26.2 Å². The van der Waals surface area contributed by atoms with E-state index >= 15 is 0 Å². The predicted molar refractivity (Wildman–Crippen MR) is 115 cm³/mol. The van der Waals surface area contributed by atoms with Crippen LogP contribution in [0, 0.1) is 0 Å². The predicted octanol–water partition coefficient (Wildman–Crippen LogP) is 3.02. The zero-order chi connectivity index (χ0) is 22.2. The fourth-order valence-corrected chi connectivity index (χ4v) is 5.91. The number of ether oxygens (including phenoxy) is 1. The summed E-state index contributed by atoms with van der Waals surface area (Å²) in [7, 11) is -3.56. The number of likely N-dealkylation sites (tertiary alicyclic amines) is 1. The average molecular weight is 443 g/mol. The second kappa shape index (κ2) is 8.09. The van der Waals surface area contributed by atoms with E-state index in [4.69, 9.17) is 4.74 Å². The van der Waals surface area contributed by atoms with Crippen molar-refractivity contribution in [3.05, 3.63) is 65.2 Å². The van der Waals surface area contributed by atoms with Crippen LogP contribution in [0.15, 0.2) is 53.4 Å². The third kappa shape index (κ3) is 3.64. The van der Waals surface area contributed by atoms with Crippen LogP contribution in [0.5, 0.6) is 0 Å². The van der Waals surface area contributed by atoms with Gasteiger partial charge < -0.3 is 9.64 Å². The van der Waals surface area contributed by atoms with Gasteiger partial charge in [0.25, 0.3) is 5.91 Å². The normalized spacial score (nSPS) is 17.6. The van der Waals surface area contributed by atoms with Gasteiger partial charge >= 0.3 is 5.97 Å². The van der Waals surface area contributed by atoms with Crippen molar-refractivity contribution in [1.82, 2.24) is 9.21 Å². The molecule has 2 aliphatic heterocycles. The number of carbonyl (C=O) groups is 2. The van der Waals surface area contributed by atoms with Gasteiger partial charge in [-0.25, -0.2) is 13.2 Å². The molecule has 0 aliphatic carbocycles. The first-order valence-electron chi connectivity index (χ1n) is 10.5. The Morgan fingerprint density at radius 3 is 2.26 bits per heavy atom. The summed E-state index contributed by atoms with van der Waals surface area (Å²) in [6, 6.07) is 13.5. The third-order valence-corrected chi connectivity index (χ3v) is 8.29. The van der Waals surface area contributed by atoms with E-state index in [0.717, 1.165) is 5.56 Å². The van der Waals surface area contributed by atoms with Gasteiger partial charge in [-0.2, -0.15) is 4.31 Å². The SMILES string of the molecule is CCN(CC)S(=O)(=O)c1ccc(C(=O)N2CCC3(CC2)OC(=O)c2ccccc23)cc1. The standard InChI is InChI=1S/C23H26N2O5S/c1-3-25(4-2)31(28,29)18-11-9-17(10-12-18)21(26)24-15-13-23(14-16-24)20-8-6-5-7-19(20)22(27)30-23/h5-12H,3-4,13-16H2,1-2H3. The lowest BCUT2D eigenvalue weighted by Crippen LogP contribution is -2.45. The number of amides is 1. The van der Waals surface area contributed by atoms with Crippen LogP contribution in [0.2, 0.25) is 0 Å². The van der Waals surface area contributed by atoms with Crippen molar-refractivity contribution < 1.29 is 22.7 Å². The fourth-order valence-electron chi connectivity index (χ4n) is 4.45. The Labute approximate surface area is 182 Å². The highest BCUT2D eigenvalue weighted by atomic mass is 32.2. The minimum absolute atomic E-state index is 0.153. The third-order valence-electron chi connectivity index (χ3n) is 6.23. The topological polar surface area (TPSA) is 84.0 Å². The molecule has 31 heavy (non-hydrogen) atoms. The minimum Gasteiger partial charge on any atom is -0.450 e. The zero-order valence-electron chi connectivity index (χ0n) is 17.7. The first kappa shape index (κ1) is 21.5. The Morgan fingerprint density at radius 2 is 1.65 bits per heavy atom. The molecule has 1 saturated heterocycles. The zero-order valence-corrected chi connectivity index (χ0v) is 18.5. The first-order chi connectivity index (χ1) is 14.8. The molecule has 1 spiro atoms. The summed E-state index contributed by atoms with van der Waals surface area (Å²) in [5, 5.41) is 0. The molecule has 0 bridgehead atoms. The molecule has 0 N–H and O–H groups in total. The molecular formula is C23H26N2O5S. The summed E-state index contributed by atoms with van der Waals surface area (Å²) in [5.41, 5.74) is 1.29. The van der Waals surface area contributed by atoms with Crippen molar-refractivity contribution >= 4 is 21.9 Å². The van der Waals surface area contributed by atoms with Crippen molar-refractivity contribution in [3.8, 4) is 0 Å². The molecule has 1 fully saturated rings. The van der Waals surface area contributed by atoms with E-state index in [2.05, 4.69) is 0 Å². The lowest BCUT2D eigenvalue weighted by molar-refractivity contribution is -0.0389. The summed E-state index contributed by atoms with van der Waals surface area (Å²) >= 11 is 0. The van der Waals surface area contributed by atoms with Crippen LogP contribution in [0.1, 0.15) is 53.0 Å². The maximum atomic E-state index is 13.0. The van der Waals surface area contributed by atoms with Crippen LogP contribution in [0.25, 0.3) is 0 Å². The van der Waals surface area contributed by atoms with Gasteiger partial charge in [0.2, 0.25) is 10.0 Å². The van der Waals surface area contributed by atoms with E-state index in [1.807, 2.05) is 18.2 Å². The van der Waals surface area contributed by atoms with Crippen LogP contribution < -0.4 is 0 Å². The van der Waals surface area contributed by atoms with Gasteiger partial charge in [0.15, 0.2) is 0 Å². The van der Waals surface area contributed by atoms with E-state index in [-0.39, 0.29) is 16.8 Å². The number of esters is 1. The van der Waals surface area contributed by atoms with Gasteiger partial charge in [-0.15, -0.1) is 0 Å². The van der Waals surface area contributed by atoms with Gasteiger partial charge in [-0.05, 0) is 30.3 Å². The summed E-state index contributed by atoms with van der Waals surface area (Å²) < 4.78 is 32.4. The number of rotatable bonds is 5. The number of hydrogen-bond donors (Lipinski definition) is 0. The molecule has 0 aromatic heterocycles. The van der Waals surface area contributed by atoms with E-state index in [0.29, 0.717) is 50.1 Å². The average Bonchev–Trinajstić information content (AvgIpc) is 3.06. The maximum Gasteiger partial charge on any atom is 0.339 e. The molecular weight excluding hydrogens is 416 g/mol. The summed E-state index contributed by atoms with van der Waals surface area (Å²) in [5.74, 6) is -0.459. The van der Waals surface area contributed by atoms with Crippen molar-refractivity contribution in [1.29, 1.82) is 0 Å². The first-order valence-corrected chi connectivity index (χ1v) is 12.0. The largest absolute Gasteiger partial charge is 0.450 e. The number of carbonyl (C=O) groups excluding carboxylic acids is 2. The van der Waals surface area contributed by atoms with Crippen LogP contribution in [-0.2, 0) is 20.4 Å². The molecule has 0 radical (unpaired) electrons. The quantitative estimate of drug-likeness (QED) is 0.665. The van der Waals surface area contributed by atoms with Gasteiger partial charge in [0.05, 0.1) is 10.5 Å². The number of benzene rings is 2. The van der Waals surface area contributed by atoms with Crippen molar-refractivity contribution in [2.45, 2.75) is 37.2 Å². The van der Waals surface area contributed by atoms with Crippen molar-refractivity contribution in [2.24, 2.45) is 0 Å². The van der Waals surface area contributed by atoms with Crippen molar-refractivity contribution in [3.63, 3.8) is 0 Å². The molecule has 2 aromatic rings. The van der Waals surface area contributed by atoms with Gasteiger partial charge in [0, 0.05) is 50.1 Å². The Hall–Kier alpha value is -2.71. The molecule has 7 nitrogen and oxygen atoms in total. The second-order valence-electron chi connectivity index (χ2n) is 7.84. The van der Waals surface area contributed by atoms with E-state index < -0.39 is 15.6 Å². The highest BCUT2D eigenvalue weighted by molar-refractivity contribution is 7.89. The Morgan fingerprint density at radius 1 is 1.03 bits per heavy atom. The van der Waals surface area contributed by atoms with Gasteiger partial charge in [-0.3, -0.25) is 4.79 Å². The Kier molecular flexibility index (Phi) is 5.61. The van der Waals surface area contributed by atoms with E-state index in [9.17, 15) is 18.0 Å². The Balaban J connectivity index is 1.47. The molecule has 0 atom stereocenters. The Bertz CT molecular complexity index is 1100. The highest BCUT2D eigenvalue weighted by Crippen LogP contribution is 2.44. The maximum absolute atomic E-state index is 13.0. The van der Waals surface area contributed by atoms with Gasteiger partial charge in [-0.1, -0.05) is 32.0 Å². The summed E-state index contributed by atoms with van der Waals surface area (Å²) in [4.78, 5) is 27.1. The molecule has 8 heteroatoms. The number of nitrogens with zero attached hydrogens (tertiary/aromatic N) is 2. The molecule has 0 unspecified atom stereocenters. The molecule has 1 amide bonds. The van der Waals surface area contributed by atoms with Crippen LogP contribution in [0.4, 0.5) is 0 Å². The molecule has 4 rings (SSSR count). The van der Waals surface area contributed by atoms with E-state index in [1.54, 1.807) is 36.9 Å². The number of piperidine rings is 1. The lowest BCUT2D eigenvalue weighted by Gasteiger charge is -2.38. The van der Waals surface area contributed by atoms with E-state index in [1.165, 1.54) is 16.4 Å². The molecule has 2 aromatic carbocycles. The number of hydrogen-bond acceptors (Lipinski definition) is 5. The summed E-state index contributed by atoms with van der Waals surface area (Å²) in [6.07, 6.45) is 1.08. The fraction of sp³-hybridized carbons (Fsp3) is 0.391. The number of fused-ring (bicyclic) bond motifs is 2. The molecule has 0 saturated carbocycles.